The average Bonchev–Trinajstić information content (AvgIpc) is 3.64. The van der Waals surface area contributed by atoms with Gasteiger partial charge in [0.25, 0.3) is 0 Å². The molecule has 2 heterocycles. The maximum Gasteiger partial charge on any atom is 0.182 e. The maximum atomic E-state index is 15.7. The first-order valence-electron chi connectivity index (χ1n) is 26.1. The van der Waals surface area contributed by atoms with Gasteiger partial charge >= 0.3 is 0 Å². The van der Waals surface area contributed by atoms with Crippen molar-refractivity contribution in [2.24, 2.45) is 63.9 Å². The highest BCUT2D eigenvalue weighted by atomic mass is 16.5. The molecular weight excluding hydrogens is 843 g/mol. The number of aliphatic hydroxyl groups is 9. The van der Waals surface area contributed by atoms with Crippen LogP contribution in [0.4, 0.5) is 0 Å². The van der Waals surface area contributed by atoms with Crippen molar-refractivity contribution in [3.8, 4) is 0 Å². The Hall–Kier alpha value is -1.95. The molecule has 7 fully saturated rings. The molecule has 0 aromatic heterocycles. The van der Waals surface area contributed by atoms with E-state index in [4.69, 9.17) is 10.5 Å². The number of ketones is 1. The average molecular weight is 926 g/mol. The third kappa shape index (κ3) is 7.38. The zero-order valence-electron chi connectivity index (χ0n) is 40.0. The molecule has 14 heteroatoms. The van der Waals surface area contributed by atoms with E-state index in [1.807, 2.05) is 19.1 Å². The number of carbonyl (C=O) groups is 1. The van der Waals surface area contributed by atoms with Crippen LogP contribution in [-0.2, 0) is 9.53 Å². The van der Waals surface area contributed by atoms with Gasteiger partial charge in [0.2, 0.25) is 0 Å². The fourth-order valence-corrected chi connectivity index (χ4v) is 17.3. The van der Waals surface area contributed by atoms with Crippen LogP contribution in [0.2, 0.25) is 0 Å². The molecule has 13 N–H and O–H groups in total. The van der Waals surface area contributed by atoms with Gasteiger partial charge in [0.1, 0.15) is 5.60 Å². The number of hydrogen-bond donors (Lipinski definition) is 12. The Kier molecular flexibility index (Phi) is 13.4. The molecule has 7 aliphatic carbocycles. The summed E-state index contributed by atoms with van der Waals surface area (Å²) in [6, 6.07) is 0. The van der Waals surface area contributed by atoms with Gasteiger partial charge in [-0.25, -0.2) is 0 Å². The van der Waals surface area contributed by atoms with Gasteiger partial charge in [0.05, 0.1) is 65.8 Å². The van der Waals surface area contributed by atoms with Crippen LogP contribution < -0.4 is 16.4 Å². The predicted molar refractivity (Wildman–Crippen MR) is 247 cm³/mol. The summed E-state index contributed by atoms with van der Waals surface area (Å²) in [6.45, 7) is 7.35. The van der Waals surface area contributed by atoms with Crippen LogP contribution in [-0.4, -0.2) is 131 Å². The van der Waals surface area contributed by atoms with Gasteiger partial charge in [-0.2, -0.15) is 0 Å². The Balaban J connectivity index is 1.14. The summed E-state index contributed by atoms with van der Waals surface area (Å²) in [5.74, 6) is -3.39. The summed E-state index contributed by atoms with van der Waals surface area (Å²) < 4.78 is 6.96. The van der Waals surface area contributed by atoms with Crippen LogP contribution in [0.15, 0.2) is 34.7 Å². The molecule has 0 amide bonds. The number of hydrogen-bond acceptors (Lipinski definition) is 14. The van der Waals surface area contributed by atoms with E-state index >= 15 is 4.79 Å². The minimum absolute atomic E-state index is 0.00282. The second-order valence-electron chi connectivity index (χ2n) is 23.5. The number of allylic oxidation sites excluding steroid dienone is 4. The first-order chi connectivity index (χ1) is 31.3. The summed E-state index contributed by atoms with van der Waals surface area (Å²) in [7, 11) is 0. The molecule has 0 spiro atoms. The Morgan fingerprint density at radius 1 is 0.970 bits per heavy atom. The van der Waals surface area contributed by atoms with Crippen LogP contribution in [0.25, 0.3) is 0 Å². The topological polar surface area (TPSA) is 258 Å². The van der Waals surface area contributed by atoms with E-state index < -0.39 is 94.1 Å². The molecule has 0 aromatic rings. The lowest BCUT2D eigenvalue weighted by Crippen LogP contribution is -2.73. The second kappa shape index (κ2) is 18.0. The molecule has 0 aromatic carbocycles. The van der Waals surface area contributed by atoms with Gasteiger partial charge in [-0.1, -0.05) is 39.2 Å². The lowest BCUT2D eigenvalue weighted by Gasteiger charge is -2.68. The van der Waals surface area contributed by atoms with Crippen molar-refractivity contribution in [2.45, 2.75) is 209 Å². The van der Waals surface area contributed by atoms with E-state index in [9.17, 15) is 46.0 Å². The van der Waals surface area contributed by atoms with E-state index in [0.29, 0.717) is 56.4 Å². The number of ether oxygens (including phenoxy) is 1. The zero-order valence-corrected chi connectivity index (χ0v) is 40.0. The first-order valence-corrected chi connectivity index (χ1v) is 26.1. The fourth-order valence-electron chi connectivity index (χ4n) is 17.3. The van der Waals surface area contributed by atoms with Crippen molar-refractivity contribution in [3.63, 3.8) is 0 Å². The highest BCUT2D eigenvalue weighted by Crippen LogP contribution is 2.74. The lowest BCUT2D eigenvalue weighted by molar-refractivity contribution is -0.262. The molecular formula is C52H83N3O11. The Morgan fingerprint density at radius 3 is 2.44 bits per heavy atom. The summed E-state index contributed by atoms with van der Waals surface area (Å²) in [6.07, 6.45) is 7.60. The Morgan fingerprint density at radius 2 is 1.71 bits per heavy atom. The van der Waals surface area contributed by atoms with Crippen LogP contribution in [0, 0.1) is 58.2 Å². The van der Waals surface area contributed by atoms with Crippen molar-refractivity contribution in [1.82, 2.24) is 10.6 Å². The number of aliphatic hydroxyl groups excluding tert-OH is 6. The number of Topliss-reactive ketones (excluding diaryl/α,β-unsaturated/α-hetero) is 1. The molecule has 21 atom stereocenters. The Labute approximate surface area is 391 Å². The monoisotopic (exact) mass is 926 g/mol. The Bertz CT molecular complexity index is 1920. The third-order valence-corrected chi connectivity index (χ3v) is 20.2. The molecule has 372 valence electrons. The number of carbonyl (C=O) groups excluding carboxylic acids is 1. The lowest BCUT2D eigenvalue weighted by atomic mass is 9.37. The van der Waals surface area contributed by atoms with Crippen molar-refractivity contribution < 1.29 is 55.5 Å². The van der Waals surface area contributed by atoms with Gasteiger partial charge in [0.15, 0.2) is 5.78 Å². The highest BCUT2D eigenvalue weighted by molar-refractivity contribution is 6.00. The van der Waals surface area contributed by atoms with Crippen LogP contribution in [0.1, 0.15) is 143 Å². The summed E-state index contributed by atoms with van der Waals surface area (Å²) >= 11 is 0. The molecule has 1 unspecified atom stereocenters. The van der Waals surface area contributed by atoms with Crippen molar-refractivity contribution in [2.75, 3.05) is 13.2 Å². The number of dihydropyridines is 1. The molecule has 66 heavy (non-hydrogen) atoms. The van der Waals surface area contributed by atoms with E-state index in [1.165, 1.54) is 0 Å². The minimum atomic E-state index is -1.88. The summed E-state index contributed by atoms with van der Waals surface area (Å²) in [5.41, 5.74) is 0.779. The quantitative estimate of drug-likeness (QED) is 0.135. The molecule has 14 nitrogen and oxygen atoms in total. The number of fused-ring (bicyclic) bond motifs is 6. The van der Waals surface area contributed by atoms with Crippen LogP contribution >= 0.6 is 0 Å². The number of nitrogens with two attached hydrogens (primary N) is 1. The van der Waals surface area contributed by atoms with Gasteiger partial charge in [-0.05, 0) is 162 Å². The largest absolute Gasteiger partial charge is 0.396 e. The van der Waals surface area contributed by atoms with Crippen LogP contribution in [0.5, 0.6) is 0 Å². The zero-order chi connectivity index (χ0) is 47.3. The van der Waals surface area contributed by atoms with Gasteiger partial charge < -0.3 is 67.1 Å². The van der Waals surface area contributed by atoms with E-state index in [2.05, 4.69) is 17.6 Å². The number of nitrogens with one attached hydrogen (secondary N) is 2. The molecule has 1 saturated heterocycles. The number of rotatable bonds is 12. The van der Waals surface area contributed by atoms with Crippen molar-refractivity contribution in [1.29, 1.82) is 0 Å². The smallest absolute Gasteiger partial charge is 0.182 e. The second-order valence-corrected chi connectivity index (χ2v) is 23.5. The van der Waals surface area contributed by atoms with Crippen LogP contribution in [0.3, 0.4) is 0 Å². The van der Waals surface area contributed by atoms with E-state index in [1.54, 1.807) is 13.8 Å². The SMILES string of the molecule is CCC[C@H]1CC[C@H]2[C@H]3[C@@H](O[C@@H]2CC1)[C@@](O)([C@](C)(O)[C@H]1CC[C@@]2(O)C4=C(NC[C@H](C)O)C(=O)[C@@H]5[C@H]6CC[C@H](CC7=C(CCCO)NC(N)C=C7)[C@@]5(C[C@H](O)[C@@H]6O)[C@H]4[C@@H](O)C[C@]12C)CCC[C@@H]3O. The molecule has 2 aliphatic heterocycles. The highest BCUT2D eigenvalue weighted by Gasteiger charge is 2.77. The summed E-state index contributed by atoms with van der Waals surface area (Å²) in [4.78, 5) is 15.7. The normalized spacial score (nSPS) is 49.1. The summed E-state index contributed by atoms with van der Waals surface area (Å²) in [5, 5.41) is 116. The fraction of sp³-hybridized carbons (Fsp3) is 0.865. The molecule has 6 saturated carbocycles. The third-order valence-electron chi connectivity index (χ3n) is 20.2. The van der Waals surface area contributed by atoms with Gasteiger partial charge in [-0.3, -0.25) is 4.79 Å². The van der Waals surface area contributed by atoms with Gasteiger partial charge in [-0.15, -0.1) is 0 Å². The van der Waals surface area contributed by atoms with Crippen molar-refractivity contribution in [3.05, 3.63) is 34.7 Å². The minimum Gasteiger partial charge on any atom is -0.396 e. The van der Waals surface area contributed by atoms with E-state index in [0.717, 1.165) is 49.8 Å². The molecule has 9 aliphatic rings. The standard InChI is InChI=1S/C52H83N3O11/c1-5-8-28-11-15-31-37(17-12-28)66-47-40(31)34(58)10-6-20-52(47,65)49(4,63)38-19-21-51(64)43-42(35(59)24-48(38,51)3)50-25-36(60)45(61)32(41(50)46(62)44(43)54-26-27(2)57)16-14-30(50)23-29-13-18-39(53)55-33(29)9-7-22-56/h13,18,27-28,30-32,34-42,45,47,54-61,63-65H,5-12,14-17,19-26,53H2,1-4H3/t27-,28-,30+,31+,32+,34-,35-,36-,37+,38-,39?,40+,41-,42-,45+,47+,48+,49+,50+,51+,52+/m0/s1. The molecule has 2 bridgehead atoms. The molecule has 0 radical (unpaired) electrons. The first kappa shape index (κ1) is 49.0. The van der Waals surface area contributed by atoms with E-state index in [-0.39, 0.29) is 80.6 Å². The van der Waals surface area contributed by atoms with Crippen molar-refractivity contribution >= 4 is 5.78 Å². The predicted octanol–water partition coefficient (Wildman–Crippen LogP) is 2.95. The maximum absolute atomic E-state index is 15.7. The molecule has 9 rings (SSSR count). The van der Waals surface area contributed by atoms with Gasteiger partial charge in [0, 0.05) is 42.0 Å².